The van der Waals surface area contributed by atoms with Crippen molar-refractivity contribution in [2.45, 2.75) is 194 Å². The SMILES string of the molecule is CCCCCCCCCCCCCCCC(=O)OCCCCCCCC/C=C/CCCCCCCC(=O)OCC. The van der Waals surface area contributed by atoms with Gasteiger partial charge in [0.15, 0.2) is 0 Å². The first-order valence-electron chi connectivity index (χ1n) is 17.7. The van der Waals surface area contributed by atoms with Gasteiger partial charge in [0.05, 0.1) is 13.2 Å². The van der Waals surface area contributed by atoms with Crippen LogP contribution in [-0.4, -0.2) is 25.2 Å². The summed E-state index contributed by atoms with van der Waals surface area (Å²) in [5, 5.41) is 0. The van der Waals surface area contributed by atoms with Crippen molar-refractivity contribution >= 4 is 11.9 Å². The summed E-state index contributed by atoms with van der Waals surface area (Å²) in [4.78, 5) is 23.2. The van der Waals surface area contributed by atoms with Crippen LogP contribution in [0.15, 0.2) is 12.2 Å². The second-order valence-electron chi connectivity index (χ2n) is 11.7. The molecule has 0 atom stereocenters. The highest BCUT2D eigenvalue weighted by atomic mass is 16.5. The van der Waals surface area contributed by atoms with Crippen LogP contribution < -0.4 is 0 Å². The number of carbonyl (C=O) groups is 2. The Morgan fingerprint density at radius 3 is 1.20 bits per heavy atom. The number of rotatable bonds is 32. The van der Waals surface area contributed by atoms with E-state index in [0.29, 0.717) is 26.1 Å². The number of hydrogen-bond donors (Lipinski definition) is 0. The van der Waals surface area contributed by atoms with Crippen molar-refractivity contribution in [2.75, 3.05) is 13.2 Å². The van der Waals surface area contributed by atoms with Crippen molar-refractivity contribution in [1.82, 2.24) is 0 Å². The summed E-state index contributed by atoms with van der Waals surface area (Å²) in [6.07, 6.45) is 38.6. The molecule has 0 unspecified atom stereocenters. The Morgan fingerprint density at radius 1 is 0.425 bits per heavy atom. The van der Waals surface area contributed by atoms with E-state index in [1.54, 1.807) is 0 Å². The Labute approximate surface area is 249 Å². The van der Waals surface area contributed by atoms with Gasteiger partial charge in [-0.3, -0.25) is 9.59 Å². The second kappa shape index (κ2) is 33.9. The van der Waals surface area contributed by atoms with Gasteiger partial charge in [0, 0.05) is 12.8 Å². The molecule has 0 saturated heterocycles. The van der Waals surface area contributed by atoms with Gasteiger partial charge >= 0.3 is 11.9 Å². The average molecular weight is 565 g/mol. The summed E-state index contributed by atoms with van der Waals surface area (Å²) >= 11 is 0. The van der Waals surface area contributed by atoms with Crippen molar-refractivity contribution in [3.05, 3.63) is 12.2 Å². The molecule has 0 spiro atoms. The standard InChI is InChI=1S/C36H68O4/c1-3-5-6-7-8-9-10-14-17-21-24-27-30-33-36(38)40-34-31-28-25-22-19-16-13-11-12-15-18-20-23-26-29-32-35(37)39-4-2/h11-12H,3-10,13-34H2,1-2H3/b12-11+. The van der Waals surface area contributed by atoms with Gasteiger partial charge in [0.2, 0.25) is 0 Å². The van der Waals surface area contributed by atoms with Gasteiger partial charge in [-0.05, 0) is 51.9 Å². The van der Waals surface area contributed by atoms with Crippen LogP contribution in [0, 0.1) is 0 Å². The zero-order valence-corrected chi connectivity index (χ0v) is 27.0. The molecular formula is C36H68O4. The molecule has 0 radical (unpaired) electrons. The van der Waals surface area contributed by atoms with Crippen LogP contribution in [0.5, 0.6) is 0 Å². The van der Waals surface area contributed by atoms with E-state index >= 15 is 0 Å². The molecule has 4 nitrogen and oxygen atoms in total. The second-order valence-corrected chi connectivity index (χ2v) is 11.7. The summed E-state index contributed by atoms with van der Waals surface area (Å²) in [5.74, 6) is -0.0506. The first-order chi connectivity index (χ1) is 19.7. The van der Waals surface area contributed by atoms with E-state index in [9.17, 15) is 9.59 Å². The number of esters is 2. The average Bonchev–Trinajstić information content (AvgIpc) is 2.95. The predicted molar refractivity (Wildman–Crippen MR) is 172 cm³/mol. The molecule has 0 aliphatic rings. The van der Waals surface area contributed by atoms with Crippen LogP contribution in [0.2, 0.25) is 0 Å². The quantitative estimate of drug-likeness (QED) is 0.0463. The fraction of sp³-hybridized carbons (Fsp3) is 0.889. The molecular weight excluding hydrogens is 496 g/mol. The minimum absolute atomic E-state index is 0.00357. The topological polar surface area (TPSA) is 52.6 Å². The van der Waals surface area contributed by atoms with Gasteiger partial charge in [-0.25, -0.2) is 0 Å². The first kappa shape index (κ1) is 38.7. The van der Waals surface area contributed by atoms with Crippen molar-refractivity contribution in [1.29, 1.82) is 0 Å². The van der Waals surface area contributed by atoms with E-state index in [0.717, 1.165) is 25.7 Å². The summed E-state index contributed by atoms with van der Waals surface area (Å²) in [5.41, 5.74) is 0. The Balaban J connectivity index is 3.22. The zero-order valence-electron chi connectivity index (χ0n) is 27.0. The van der Waals surface area contributed by atoms with Crippen molar-refractivity contribution in [3.63, 3.8) is 0 Å². The highest BCUT2D eigenvalue weighted by molar-refractivity contribution is 5.69. The molecule has 0 N–H and O–H groups in total. The Bertz CT molecular complexity index is 557. The van der Waals surface area contributed by atoms with Crippen molar-refractivity contribution in [3.8, 4) is 0 Å². The fourth-order valence-corrected chi connectivity index (χ4v) is 5.15. The fourth-order valence-electron chi connectivity index (χ4n) is 5.15. The molecule has 0 saturated carbocycles. The molecule has 0 aromatic heterocycles. The van der Waals surface area contributed by atoms with Crippen LogP contribution >= 0.6 is 0 Å². The Morgan fingerprint density at radius 2 is 0.775 bits per heavy atom. The third-order valence-electron chi connectivity index (χ3n) is 7.74. The van der Waals surface area contributed by atoms with Gasteiger partial charge in [-0.2, -0.15) is 0 Å². The highest BCUT2D eigenvalue weighted by Crippen LogP contribution is 2.14. The lowest BCUT2D eigenvalue weighted by atomic mass is 10.0. The molecule has 0 aliphatic carbocycles. The minimum atomic E-state index is -0.0542. The Kier molecular flexibility index (Phi) is 32.8. The molecule has 0 heterocycles. The molecule has 0 amide bonds. The van der Waals surface area contributed by atoms with Gasteiger partial charge in [-0.15, -0.1) is 0 Å². The van der Waals surface area contributed by atoms with Crippen LogP contribution in [0.4, 0.5) is 0 Å². The summed E-state index contributed by atoms with van der Waals surface area (Å²) in [6.45, 7) is 5.23. The summed E-state index contributed by atoms with van der Waals surface area (Å²) in [7, 11) is 0. The number of carbonyl (C=O) groups excluding carboxylic acids is 2. The normalized spacial score (nSPS) is 11.3. The molecule has 40 heavy (non-hydrogen) atoms. The summed E-state index contributed by atoms with van der Waals surface area (Å²) in [6, 6.07) is 0. The van der Waals surface area contributed by atoms with Crippen LogP contribution in [-0.2, 0) is 19.1 Å². The van der Waals surface area contributed by atoms with E-state index < -0.39 is 0 Å². The van der Waals surface area contributed by atoms with Crippen LogP contribution in [0.1, 0.15) is 194 Å². The first-order valence-corrected chi connectivity index (χ1v) is 17.7. The van der Waals surface area contributed by atoms with Gasteiger partial charge in [0.25, 0.3) is 0 Å². The summed E-state index contributed by atoms with van der Waals surface area (Å²) < 4.78 is 10.4. The highest BCUT2D eigenvalue weighted by Gasteiger charge is 2.03. The van der Waals surface area contributed by atoms with Crippen molar-refractivity contribution < 1.29 is 19.1 Å². The maximum atomic E-state index is 11.9. The molecule has 0 rings (SSSR count). The lowest BCUT2D eigenvalue weighted by molar-refractivity contribution is -0.144. The molecule has 0 bridgehead atoms. The minimum Gasteiger partial charge on any atom is -0.466 e. The molecule has 0 aliphatic heterocycles. The van der Waals surface area contributed by atoms with E-state index in [2.05, 4.69) is 19.1 Å². The Hall–Kier alpha value is -1.32. The van der Waals surface area contributed by atoms with E-state index in [1.165, 1.54) is 141 Å². The third kappa shape index (κ3) is 32.9. The largest absolute Gasteiger partial charge is 0.466 e. The maximum Gasteiger partial charge on any atom is 0.305 e. The zero-order chi connectivity index (χ0) is 29.2. The van der Waals surface area contributed by atoms with Crippen LogP contribution in [0.3, 0.4) is 0 Å². The van der Waals surface area contributed by atoms with Crippen LogP contribution in [0.25, 0.3) is 0 Å². The molecule has 0 fully saturated rings. The predicted octanol–water partition coefficient (Wildman–Crippen LogP) is 11.6. The molecule has 0 aromatic carbocycles. The van der Waals surface area contributed by atoms with E-state index in [-0.39, 0.29) is 11.9 Å². The molecule has 0 aromatic rings. The molecule has 236 valence electrons. The van der Waals surface area contributed by atoms with Gasteiger partial charge in [-0.1, -0.05) is 141 Å². The van der Waals surface area contributed by atoms with E-state index in [4.69, 9.17) is 9.47 Å². The maximum absolute atomic E-state index is 11.9. The lowest BCUT2D eigenvalue weighted by Crippen LogP contribution is -2.05. The van der Waals surface area contributed by atoms with Crippen molar-refractivity contribution in [2.24, 2.45) is 0 Å². The van der Waals surface area contributed by atoms with E-state index in [1.807, 2.05) is 6.92 Å². The lowest BCUT2D eigenvalue weighted by Gasteiger charge is -2.05. The molecule has 4 heteroatoms. The van der Waals surface area contributed by atoms with Gasteiger partial charge in [0.1, 0.15) is 0 Å². The third-order valence-corrected chi connectivity index (χ3v) is 7.74. The van der Waals surface area contributed by atoms with Gasteiger partial charge < -0.3 is 9.47 Å². The number of unbranched alkanes of at least 4 members (excludes halogenated alkanes) is 23. The monoisotopic (exact) mass is 565 g/mol. The number of allylic oxidation sites excluding steroid dienone is 2. The smallest absolute Gasteiger partial charge is 0.305 e. The number of ether oxygens (including phenoxy) is 2. The number of hydrogen-bond acceptors (Lipinski definition) is 4.